The number of aryl methyl sites for hydroxylation is 2. The van der Waals surface area contributed by atoms with Crippen molar-refractivity contribution in [2.45, 2.75) is 19.9 Å². The van der Waals surface area contributed by atoms with E-state index in [1.165, 1.54) is 26.6 Å². The minimum atomic E-state index is 0.339. The van der Waals surface area contributed by atoms with Gasteiger partial charge in [0.05, 0.1) is 5.52 Å². The van der Waals surface area contributed by atoms with Crippen molar-refractivity contribution in [1.29, 1.82) is 0 Å². The first kappa shape index (κ1) is 11.7. The third kappa shape index (κ3) is 1.59. The van der Waals surface area contributed by atoms with Crippen LogP contribution in [0.25, 0.3) is 10.9 Å². The van der Waals surface area contributed by atoms with Gasteiger partial charge in [-0.05, 0) is 42.4 Å². The molecule has 16 heavy (non-hydrogen) atoms. The second-order valence-corrected chi connectivity index (χ2v) is 5.03. The van der Waals surface area contributed by atoms with Gasteiger partial charge in [0.1, 0.15) is 0 Å². The van der Waals surface area contributed by atoms with Crippen LogP contribution in [0, 0.1) is 6.92 Å². The van der Waals surface area contributed by atoms with E-state index in [9.17, 15) is 0 Å². The van der Waals surface area contributed by atoms with E-state index in [0.717, 1.165) is 0 Å². The Bertz CT molecular complexity index is 528. The first-order valence-corrected chi connectivity index (χ1v) is 6.28. The lowest BCUT2D eigenvalue weighted by Crippen LogP contribution is -2.16. The Morgan fingerprint density at radius 1 is 1.38 bits per heavy atom. The third-order valence-corrected chi connectivity index (χ3v) is 4.07. The quantitative estimate of drug-likeness (QED) is 0.891. The molecule has 0 aliphatic carbocycles. The van der Waals surface area contributed by atoms with Crippen LogP contribution >= 0.6 is 15.9 Å². The largest absolute Gasteiger partial charge is 0.345 e. The van der Waals surface area contributed by atoms with Crippen molar-refractivity contribution in [2.75, 3.05) is 7.05 Å². The van der Waals surface area contributed by atoms with E-state index >= 15 is 0 Å². The highest BCUT2D eigenvalue weighted by Crippen LogP contribution is 2.35. The molecule has 0 saturated heterocycles. The first-order chi connectivity index (χ1) is 7.57. The van der Waals surface area contributed by atoms with Crippen LogP contribution in [-0.2, 0) is 7.05 Å². The molecule has 0 aliphatic heterocycles. The van der Waals surface area contributed by atoms with Crippen LogP contribution in [-0.4, -0.2) is 11.6 Å². The van der Waals surface area contributed by atoms with Gasteiger partial charge in [-0.1, -0.05) is 18.2 Å². The van der Waals surface area contributed by atoms with Crippen LogP contribution in [0.1, 0.15) is 24.2 Å². The zero-order valence-electron chi connectivity index (χ0n) is 10.1. The maximum atomic E-state index is 3.72. The molecule has 86 valence electrons. The van der Waals surface area contributed by atoms with Crippen LogP contribution in [0.2, 0.25) is 0 Å². The topological polar surface area (TPSA) is 17.0 Å². The molecule has 3 heteroatoms. The molecule has 1 aromatic carbocycles. The van der Waals surface area contributed by atoms with Gasteiger partial charge in [-0.25, -0.2) is 0 Å². The predicted molar refractivity (Wildman–Crippen MR) is 72.8 cm³/mol. The van der Waals surface area contributed by atoms with Crippen molar-refractivity contribution >= 4 is 26.8 Å². The van der Waals surface area contributed by atoms with Gasteiger partial charge < -0.3 is 9.88 Å². The van der Waals surface area contributed by atoms with Crippen molar-refractivity contribution in [3.63, 3.8) is 0 Å². The van der Waals surface area contributed by atoms with Gasteiger partial charge in [-0.3, -0.25) is 0 Å². The molecule has 1 unspecified atom stereocenters. The minimum Gasteiger partial charge on any atom is -0.345 e. The zero-order valence-corrected chi connectivity index (χ0v) is 11.7. The number of nitrogens with zero attached hydrogens (tertiary/aromatic N) is 1. The summed E-state index contributed by atoms with van der Waals surface area (Å²) in [6.45, 7) is 4.33. The zero-order chi connectivity index (χ0) is 11.9. The number of fused-ring (bicyclic) bond motifs is 1. The van der Waals surface area contributed by atoms with Gasteiger partial charge in [0.2, 0.25) is 0 Å². The summed E-state index contributed by atoms with van der Waals surface area (Å²) >= 11 is 3.72. The number of hydrogen-bond acceptors (Lipinski definition) is 1. The lowest BCUT2D eigenvalue weighted by Gasteiger charge is -2.13. The Balaban J connectivity index is 2.82. The number of aromatic nitrogens is 1. The van der Waals surface area contributed by atoms with E-state index in [0.29, 0.717) is 6.04 Å². The van der Waals surface area contributed by atoms with Crippen LogP contribution in [0.3, 0.4) is 0 Å². The molecule has 0 saturated carbocycles. The predicted octanol–water partition coefficient (Wildman–Crippen LogP) is 3.53. The van der Waals surface area contributed by atoms with Gasteiger partial charge in [0.15, 0.2) is 0 Å². The summed E-state index contributed by atoms with van der Waals surface area (Å²) in [5.41, 5.74) is 3.92. The summed E-state index contributed by atoms with van der Waals surface area (Å²) in [7, 11) is 4.12. The summed E-state index contributed by atoms with van der Waals surface area (Å²) in [6.07, 6.45) is 0. The molecule has 1 aromatic heterocycles. The second-order valence-electron chi connectivity index (χ2n) is 4.24. The molecule has 0 radical (unpaired) electrons. The van der Waals surface area contributed by atoms with Crippen molar-refractivity contribution in [2.24, 2.45) is 7.05 Å². The summed E-state index contributed by atoms with van der Waals surface area (Å²) in [4.78, 5) is 0. The van der Waals surface area contributed by atoms with Crippen molar-refractivity contribution in [1.82, 2.24) is 9.88 Å². The molecule has 0 fully saturated rings. The molecular formula is C13H17BrN2. The number of para-hydroxylation sites is 1. The first-order valence-electron chi connectivity index (χ1n) is 5.48. The molecule has 0 aliphatic rings. The molecule has 1 atom stereocenters. The molecule has 0 amide bonds. The Morgan fingerprint density at radius 2 is 2.06 bits per heavy atom. The Kier molecular flexibility index (Phi) is 3.08. The van der Waals surface area contributed by atoms with Gasteiger partial charge in [0, 0.05) is 28.6 Å². The molecular weight excluding hydrogens is 264 g/mol. The number of nitrogens with one attached hydrogen (secondary N) is 1. The van der Waals surface area contributed by atoms with Crippen molar-refractivity contribution < 1.29 is 0 Å². The summed E-state index contributed by atoms with van der Waals surface area (Å²) in [5, 5.41) is 4.58. The summed E-state index contributed by atoms with van der Waals surface area (Å²) in [5.74, 6) is 0. The molecule has 1 N–H and O–H groups in total. The summed E-state index contributed by atoms with van der Waals surface area (Å²) < 4.78 is 3.48. The SMILES string of the molecule is CNC(C)c1c(Br)c2cccc(C)c2n1C. The fourth-order valence-electron chi connectivity index (χ4n) is 2.30. The number of hydrogen-bond donors (Lipinski definition) is 1. The van der Waals surface area contributed by atoms with Crippen LogP contribution in [0.15, 0.2) is 22.7 Å². The Morgan fingerprint density at radius 3 is 2.62 bits per heavy atom. The van der Waals surface area contributed by atoms with Gasteiger partial charge >= 0.3 is 0 Å². The van der Waals surface area contributed by atoms with Gasteiger partial charge in [-0.2, -0.15) is 0 Å². The van der Waals surface area contributed by atoms with E-state index in [1.54, 1.807) is 0 Å². The molecule has 0 bridgehead atoms. The minimum absolute atomic E-state index is 0.339. The molecule has 2 rings (SSSR count). The Hall–Kier alpha value is -0.800. The Labute approximate surface area is 105 Å². The molecule has 1 heterocycles. The second kappa shape index (κ2) is 4.22. The monoisotopic (exact) mass is 280 g/mol. The van der Waals surface area contributed by atoms with Gasteiger partial charge in [-0.15, -0.1) is 0 Å². The lowest BCUT2D eigenvalue weighted by molar-refractivity contribution is 0.606. The molecule has 2 aromatic rings. The highest BCUT2D eigenvalue weighted by atomic mass is 79.9. The van der Waals surface area contributed by atoms with E-state index in [-0.39, 0.29) is 0 Å². The standard InChI is InChI=1S/C13H17BrN2/c1-8-6-5-7-10-11(14)13(9(2)15-3)16(4)12(8)10/h5-7,9,15H,1-4H3. The van der Waals surface area contributed by atoms with Crippen molar-refractivity contribution in [3.05, 3.63) is 33.9 Å². The normalized spacial score (nSPS) is 13.3. The number of halogens is 1. The number of rotatable bonds is 2. The molecule has 0 spiro atoms. The maximum Gasteiger partial charge on any atom is 0.0521 e. The van der Waals surface area contributed by atoms with E-state index < -0.39 is 0 Å². The van der Waals surface area contributed by atoms with E-state index in [4.69, 9.17) is 0 Å². The fourth-order valence-corrected chi connectivity index (χ4v) is 3.23. The lowest BCUT2D eigenvalue weighted by atomic mass is 10.1. The fraction of sp³-hybridized carbons (Fsp3) is 0.385. The van der Waals surface area contributed by atoms with Crippen LogP contribution < -0.4 is 5.32 Å². The average molecular weight is 281 g/mol. The average Bonchev–Trinajstić information content (AvgIpc) is 2.52. The maximum absolute atomic E-state index is 3.72. The number of benzene rings is 1. The smallest absolute Gasteiger partial charge is 0.0521 e. The van der Waals surface area contributed by atoms with Crippen LogP contribution in [0.4, 0.5) is 0 Å². The van der Waals surface area contributed by atoms with E-state index in [1.807, 2.05) is 7.05 Å². The van der Waals surface area contributed by atoms with Crippen molar-refractivity contribution in [3.8, 4) is 0 Å². The summed E-state index contributed by atoms with van der Waals surface area (Å²) in [6, 6.07) is 6.77. The van der Waals surface area contributed by atoms with Crippen LogP contribution in [0.5, 0.6) is 0 Å². The van der Waals surface area contributed by atoms with E-state index in [2.05, 4.69) is 64.9 Å². The highest BCUT2D eigenvalue weighted by molar-refractivity contribution is 9.10. The third-order valence-electron chi connectivity index (χ3n) is 3.24. The molecule has 2 nitrogen and oxygen atoms in total. The van der Waals surface area contributed by atoms with Gasteiger partial charge in [0.25, 0.3) is 0 Å². The highest BCUT2D eigenvalue weighted by Gasteiger charge is 2.17.